The smallest absolute Gasteiger partial charge is 0.453 e. The minimum Gasteiger partial charge on any atom is -0.508 e. The molecule has 3 N–H and O–H groups in total. The maximum absolute atomic E-state index is 13.0. The second-order valence-corrected chi connectivity index (χ2v) is 12.4. The van der Waals surface area contributed by atoms with Crippen LogP contribution in [0.25, 0.3) is 0 Å². The van der Waals surface area contributed by atoms with Crippen LogP contribution in [0.1, 0.15) is 119 Å². The standard InChI is InChI=1S/C34H45F5O4/c1-32(26-14-16-27(40)17-15-26)22-20-25-23-28(41)18-19-29(25)30(32)13-9-5-3-2-4-7-11-24(31(42)43)12-8-6-10-21-33(35,36)34(37,38)39/h14-19,23-24,30,40-41H,2-13,20-22H2,1H3,(H,42,43)/t24?,30-,32-/m1/s1. The Morgan fingerprint density at radius 2 is 1.40 bits per heavy atom. The first-order chi connectivity index (χ1) is 20.2. The highest BCUT2D eigenvalue weighted by Gasteiger charge is 2.56. The highest BCUT2D eigenvalue weighted by atomic mass is 19.4. The Bertz CT molecular complexity index is 1160. The molecule has 240 valence electrons. The van der Waals surface area contributed by atoms with Gasteiger partial charge in [0.1, 0.15) is 11.5 Å². The average molecular weight is 613 g/mol. The monoisotopic (exact) mass is 612 g/mol. The summed E-state index contributed by atoms with van der Waals surface area (Å²) in [6, 6.07) is 13.2. The molecule has 43 heavy (non-hydrogen) atoms. The Labute approximate surface area is 251 Å². The molecule has 0 bridgehead atoms. The zero-order chi connectivity index (χ0) is 31.7. The van der Waals surface area contributed by atoms with Crippen LogP contribution in [-0.2, 0) is 16.6 Å². The lowest BCUT2D eigenvalue weighted by Crippen LogP contribution is -2.36. The van der Waals surface area contributed by atoms with Crippen LogP contribution in [0.15, 0.2) is 42.5 Å². The van der Waals surface area contributed by atoms with E-state index in [1.165, 1.54) is 16.7 Å². The molecule has 0 amide bonds. The van der Waals surface area contributed by atoms with E-state index >= 15 is 0 Å². The summed E-state index contributed by atoms with van der Waals surface area (Å²) in [5, 5.41) is 29.3. The third-order valence-corrected chi connectivity index (χ3v) is 9.31. The zero-order valence-corrected chi connectivity index (χ0v) is 24.9. The first kappa shape index (κ1) is 34.6. The number of carboxylic acids is 1. The number of aromatic hydroxyl groups is 2. The van der Waals surface area contributed by atoms with Crippen molar-refractivity contribution in [1.82, 2.24) is 0 Å². The molecule has 2 aromatic rings. The molecule has 1 aliphatic rings. The highest BCUT2D eigenvalue weighted by Crippen LogP contribution is 2.50. The van der Waals surface area contributed by atoms with Gasteiger partial charge in [-0.15, -0.1) is 0 Å². The van der Waals surface area contributed by atoms with Gasteiger partial charge in [0.05, 0.1) is 5.92 Å². The Kier molecular flexibility index (Phi) is 12.3. The molecule has 0 aromatic heterocycles. The van der Waals surface area contributed by atoms with Crippen molar-refractivity contribution in [2.75, 3.05) is 0 Å². The molecular formula is C34H45F5O4. The van der Waals surface area contributed by atoms with Gasteiger partial charge in [-0.05, 0) is 90.8 Å². The van der Waals surface area contributed by atoms with E-state index in [9.17, 15) is 42.1 Å². The number of halogens is 5. The molecule has 2 aromatic carbocycles. The lowest BCUT2D eigenvalue weighted by molar-refractivity contribution is -0.284. The second kappa shape index (κ2) is 15.2. The minimum atomic E-state index is -5.54. The molecule has 0 radical (unpaired) electrons. The lowest BCUT2D eigenvalue weighted by Gasteiger charge is -2.43. The van der Waals surface area contributed by atoms with E-state index in [2.05, 4.69) is 6.92 Å². The van der Waals surface area contributed by atoms with E-state index in [0.29, 0.717) is 12.8 Å². The predicted molar refractivity (Wildman–Crippen MR) is 157 cm³/mol. The fourth-order valence-corrected chi connectivity index (χ4v) is 6.62. The van der Waals surface area contributed by atoms with Crippen LogP contribution < -0.4 is 0 Å². The third kappa shape index (κ3) is 9.57. The Morgan fingerprint density at radius 3 is 2.00 bits per heavy atom. The number of carbonyl (C=O) groups is 1. The summed E-state index contributed by atoms with van der Waals surface area (Å²) >= 11 is 0. The molecule has 0 saturated heterocycles. The van der Waals surface area contributed by atoms with Crippen LogP contribution in [0, 0.1) is 5.92 Å². The second-order valence-electron chi connectivity index (χ2n) is 12.4. The van der Waals surface area contributed by atoms with E-state index in [0.717, 1.165) is 57.8 Å². The van der Waals surface area contributed by atoms with Gasteiger partial charge in [-0.1, -0.05) is 76.5 Å². The predicted octanol–water partition coefficient (Wildman–Crippen LogP) is 10.1. The first-order valence-electron chi connectivity index (χ1n) is 15.5. The van der Waals surface area contributed by atoms with Gasteiger partial charge in [-0.3, -0.25) is 4.79 Å². The van der Waals surface area contributed by atoms with Crippen LogP contribution in [0.5, 0.6) is 11.5 Å². The first-order valence-corrected chi connectivity index (χ1v) is 15.5. The van der Waals surface area contributed by atoms with Crippen molar-refractivity contribution < 1.29 is 42.1 Å². The van der Waals surface area contributed by atoms with Crippen molar-refractivity contribution in [3.63, 3.8) is 0 Å². The normalized spacial score (nSPS) is 19.6. The Morgan fingerprint density at radius 1 is 0.837 bits per heavy atom. The van der Waals surface area contributed by atoms with Crippen molar-refractivity contribution in [3.8, 4) is 11.5 Å². The van der Waals surface area contributed by atoms with Gasteiger partial charge in [-0.25, -0.2) is 0 Å². The van der Waals surface area contributed by atoms with Crippen LogP contribution in [0.2, 0.25) is 0 Å². The van der Waals surface area contributed by atoms with Crippen LogP contribution in [0.3, 0.4) is 0 Å². The summed E-state index contributed by atoms with van der Waals surface area (Å²) < 4.78 is 62.8. The van der Waals surface area contributed by atoms with Gasteiger partial charge in [0, 0.05) is 6.42 Å². The maximum Gasteiger partial charge on any atom is 0.453 e. The Balaban J connectivity index is 1.40. The molecule has 0 fully saturated rings. The number of carboxylic acid groups (broad SMARTS) is 1. The fraction of sp³-hybridized carbons (Fsp3) is 0.618. The zero-order valence-electron chi connectivity index (χ0n) is 24.9. The van der Waals surface area contributed by atoms with Gasteiger partial charge in [0.15, 0.2) is 0 Å². The van der Waals surface area contributed by atoms with Gasteiger partial charge in [-0.2, -0.15) is 22.0 Å². The number of rotatable bonds is 17. The molecular weight excluding hydrogens is 567 g/mol. The average Bonchev–Trinajstić information content (AvgIpc) is 2.93. The molecule has 1 aliphatic carbocycles. The summed E-state index contributed by atoms with van der Waals surface area (Å²) in [6.07, 6.45) is 2.64. The largest absolute Gasteiger partial charge is 0.508 e. The number of alkyl halides is 5. The minimum absolute atomic E-state index is 0.0945. The highest BCUT2D eigenvalue weighted by molar-refractivity contribution is 5.69. The summed E-state index contributed by atoms with van der Waals surface area (Å²) in [4.78, 5) is 11.6. The molecule has 0 saturated carbocycles. The summed E-state index contributed by atoms with van der Waals surface area (Å²) in [6.45, 7) is 2.29. The molecule has 1 unspecified atom stereocenters. The van der Waals surface area contributed by atoms with Crippen molar-refractivity contribution in [1.29, 1.82) is 0 Å². The lowest BCUT2D eigenvalue weighted by atomic mass is 9.60. The quantitative estimate of drug-likeness (QED) is 0.123. The van der Waals surface area contributed by atoms with Crippen LogP contribution >= 0.6 is 0 Å². The molecule has 0 heterocycles. The number of aliphatic carboxylic acids is 1. The van der Waals surface area contributed by atoms with E-state index < -0.39 is 30.4 Å². The number of benzene rings is 2. The molecule has 0 aliphatic heterocycles. The summed E-state index contributed by atoms with van der Waals surface area (Å²) in [5.41, 5.74) is 3.56. The Hall–Kier alpha value is -2.84. The van der Waals surface area contributed by atoms with Crippen molar-refractivity contribution >= 4 is 5.97 Å². The van der Waals surface area contributed by atoms with E-state index in [1.807, 2.05) is 24.3 Å². The molecule has 9 heteroatoms. The van der Waals surface area contributed by atoms with Gasteiger partial charge in [0.2, 0.25) is 0 Å². The van der Waals surface area contributed by atoms with Crippen LogP contribution in [-0.4, -0.2) is 33.4 Å². The summed E-state index contributed by atoms with van der Waals surface area (Å²) in [5.74, 6) is -5.45. The topological polar surface area (TPSA) is 77.8 Å². The van der Waals surface area contributed by atoms with Crippen LogP contribution in [0.4, 0.5) is 22.0 Å². The number of phenolic OH excluding ortho intramolecular Hbond substituents is 2. The van der Waals surface area contributed by atoms with E-state index in [-0.39, 0.29) is 42.1 Å². The molecule has 3 atom stereocenters. The molecule has 3 rings (SSSR count). The van der Waals surface area contributed by atoms with Crippen molar-refractivity contribution in [2.24, 2.45) is 5.92 Å². The van der Waals surface area contributed by atoms with Crippen molar-refractivity contribution in [3.05, 3.63) is 59.2 Å². The third-order valence-electron chi connectivity index (χ3n) is 9.31. The number of hydrogen-bond acceptors (Lipinski definition) is 3. The number of fused-ring (bicyclic) bond motifs is 1. The van der Waals surface area contributed by atoms with E-state index in [1.54, 1.807) is 18.2 Å². The number of unbranched alkanes of at least 4 members (excludes halogenated alkanes) is 7. The van der Waals surface area contributed by atoms with E-state index in [4.69, 9.17) is 0 Å². The molecule has 4 nitrogen and oxygen atoms in total. The van der Waals surface area contributed by atoms with Gasteiger partial charge in [0.25, 0.3) is 0 Å². The fourth-order valence-electron chi connectivity index (χ4n) is 6.62. The molecule has 0 spiro atoms. The van der Waals surface area contributed by atoms with Gasteiger partial charge >= 0.3 is 18.1 Å². The SMILES string of the molecule is C[C@]1(c2ccc(O)cc2)CCc2cc(O)ccc2[C@H]1CCCCCCCCC(CCCCCC(F)(F)C(F)(F)F)C(=O)O. The number of aryl methyl sites for hydroxylation is 1. The number of hydrogen-bond donors (Lipinski definition) is 3. The summed E-state index contributed by atoms with van der Waals surface area (Å²) in [7, 11) is 0. The maximum atomic E-state index is 13.0. The number of phenols is 2. The van der Waals surface area contributed by atoms with Crippen molar-refractivity contribution in [2.45, 2.75) is 127 Å². The van der Waals surface area contributed by atoms with Gasteiger partial charge < -0.3 is 15.3 Å².